The second-order valence-corrected chi connectivity index (χ2v) is 9.09. The highest BCUT2D eigenvalue weighted by Crippen LogP contribution is 2.24. The molecule has 1 fully saturated rings. The summed E-state index contributed by atoms with van der Waals surface area (Å²) >= 11 is 5.73. The Morgan fingerprint density at radius 1 is 1.07 bits per heavy atom. The molecule has 6 nitrogen and oxygen atoms in total. The lowest BCUT2D eigenvalue weighted by atomic mass is 10.2. The van der Waals surface area contributed by atoms with Crippen molar-refractivity contribution >= 4 is 21.6 Å². The fraction of sp³-hybridized carbons (Fsp3) is 0.250. The van der Waals surface area contributed by atoms with Crippen LogP contribution in [-0.4, -0.2) is 48.8 Å². The molecule has 9 heteroatoms. The lowest BCUT2D eigenvalue weighted by molar-refractivity contribution is 0.168. The third-order valence-corrected chi connectivity index (χ3v) is 7.02. The fourth-order valence-corrected chi connectivity index (χ4v) is 4.92. The number of aromatic nitrogens is 1. The number of halogens is 2. The van der Waals surface area contributed by atoms with Crippen LogP contribution in [0.25, 0.3) is 11.3 Å². The zero-order valence-electron chi connectivity index (χ0n) is 15.5. The molecule has 0 saturated carbocycles. The molecule has 0 aliphatic carbocycles. The maximum atomic E-state index is 13.3. The van der Waals surface area contributed by atoms with Crippen LogP contribution in [-0.2, 0) is 16.6 Å². The highest BCUT2D eigenvalue weighted by Gasteiger charge is 2.29. The van der Waals surface area contributed by atoms with Gasteiger partial charge in [0, 0.05) is 31.7 Å². The molecule has 2 heterocycles. The van der Waals surface area contributed by atoms with Crippen molar-refractivity contribution in [1.82, 2.24) is 14.2 Å². The van der Waals surface area contributed by atoms with Gasteiger partial charge in [0.2, 0.25) is 15.9 Å². The number of piperazine rings is 1. The summed E-state index contributed by atoms with van der Waals surface area (Å²) in [5.74, 6) is 0.650. The van der Waals surface area contributed by atoms with Gasteiger partial charge in [0.05, 0.1) is 22.7 Å². The van der Waals surface area contributed by atoms with Crippen LogP contribution in [0.1, 0.15) is 5.89 Å². The van der Waals surface area contributed by atoms with Gasteiger partial charge in [0.15, 0.2) is 5.76 Å². The van der Waals surface area contributed by atoms with E-state index < -0.39 is 15.8 Å². The van der Waals surface area contributed by atoms with Crippen molar-refractivity contribution in [3.63, 3.8) is 0 Å². The Bertz CT molecular complexity index is 1100. The van der Waals surface area contributed by atoms with Gasteiger partial charge in [-0.1, -0.05) is 41.9 Å². The molecular weight excluding hydrogens is 417 g/mol. The van der Waals surface area contributed by atoms with Crippen LogP contribution in [0, 0.1) is 5.82 Å². The van der Waals surface area contributed by atoms with E-state index in [2.05, 4.69) is 9.88 Å². The molecule has 0 radical (unpaired) electrons. The van der Waals surface area contributed by atoms with Crippen LogP contribution in [0.5, 0.6) is 0 Å². The maximum Gasteiger partial charge on any atom is 0.243 e. The third-order valence-electron chi connectivity index (χ3n) is 4.83. The predicted molar refractivity (Wildman–Crippen MR) is 107 cm³/mol. The van der Waals surface area contributed by atoms with Gasteiger partial charge in [-0.15, -0.1) is 0 Å². The monoisotopic (exact) mass is 435 g/mol. The summed E-state index contributed by atoms with van der Waals surface area (Å²) in [5.41, 5.74) is 0.958. The number of nitrogens with zero attached hydrogens (tertiary/aromatic N) is 3. The SMILES string of the molecule is O=S(=O)(c1ccc(F)c(Cl)c1)N1CCN(Cc2ncc(-c3ccccc3)o2)CC1. The first kappa shape index (κ1) is 20.0. The molecule has 1 aromatic heterocycles. The summed E-state index contributed by atoms with van der Waals surface area (Å²) < 4.78 is 46.1. The first-order valence-corrected chi connectivity index (χ1v) is 10.9. The number of benzene rings is 2. The molecule has 1 aliphatic heterocycles. The zero-order valence-corrected chi connectivity index (χ0v) is 17.0. The predicted octanol–water partition coefficient (Wildman–Crippen LogP) is 3.64. The van der Waals surface area contributed by atoms with Gasteiger partial charge in [-0.2, -0.15) is 4.31 Å². The topological polar surface area (TPSA) is 66.7 Å². The molecule has 1 aliphatic rings. The summed E-state index contributed by atoms with van der Waals surface area (Å²) in [5, 5.41) is -0.206. The standard InChI is InChI=1S/C20H19ClFN3O3S/c21-17-12-16(6-7-18(17)22)29(26,27)25-10-8-24(9-11-25)14-20-23-13-19(28-20)15-4-2-1-3-5-15/h1-7,12-13H,8-11,14H2. The number of sulfonamides is 1. The average Bonchev–Trinajstić information content (AvgIpc) is 3.19. The minimum absolute atomic E-state index is 0.00226. The van der Waals surface area contributed by atoms with Crippen LogP contribution < -0.4 is 0 Å². The molecule has 152 valence electrons. The van der Waals surface area contributed by atoms with E-state index in [1.54, 1.807) is 6.20 Å². The van der Waals surface area contributed by atoms with Crippen molar-refractivity contribution in [2.75, 3.05) is 26.2 Å². The van der Waals surface area contributed by atoms with Gasteiger partial charge in [-0.25, -0.2) is 17.8 Å². The second kappa shape index (κ2) is 8.23. The number of oxazole rings is 1. The van der Waals surface area contributed by atoms with Crippen molar-refractivity contribution < 1.29 is 17.2 Å². The Kier molecular flexibility index (Phi) is 5.69. The van der Waals surface area contributed by atoms with Crippen LogP contribution in [0.4, 0.5) is 4.39 Å². The smallest absolute Gasteiger partial charge is 0.243 e. The molecule has 1 saturated heterocycles. The lowest BCUT2D eigenvalue weighted by Crippen LogP contribution is -2.48. The van der Waals surface area contributed by atoms with Gasteiger partial charge >= 0.3 is 0 Å². The summed E-state index contributed by atoms with van der Waals surface area (Å²) in [4.78, 5) is 6.41. The van der Waals surface area contributed by atoms with E-state index in [4.69, 9.17) is 16.0 Å². The second-order valence-electron chi connectivity index (χ2n) is 6.74. The number of rotatable bonds is 5. The van der Waals surface area contributed by atoms with Crippen molar-refractivity contribution in [1.29, 1.82) is 0 Å². The maximum absolute atomic E-state index is 13.3. The molecule has 3 aromatic rings. The normalized spacial score (nSPS) is 16.2. The molecule has 29 heavy (non-hydrogen) atoms. The molecule has 0 unspecified atom stereocenters. The van der Waals surface area contributed by atoms with E-state index in [1.165, 1.54) is 10.4 Å². The molecule has 0 N–H and O–H groups in total. The largest absolute Gasteiger partial charge is 0.439 e. The van der Waals surface area contributed by atoms with E-state index in [0.29, 0.717) is 44.4 Å². The minimum Gasteiger partial charge on any atom is -0.439 e. The molecule has 0 amide bonds. The van der Waals surface area contributed by atoms with Crippen molar-refractivity contribution in [3.05, 3.63) is 71.5 Å². The molecule has 2 aromatic carbocycles. The molecule has 0 spiro atoms. The van der Waals surface area contributed by atoms with Crippen LogP contribution in [0.15, 0.2) is 64.0 Å². The van der Waals surface area contributed by atoms with Crippen molar-refractivity contribution in [2.24, 2.45) is 0 Å². The van der Waals surface area contributed by atoms with Gasteiger partial charge in [0.1, 0.15) is 5.82 Å². The van der Waals surface area contributed by atoms with Crippen LogP contribution in [0.2, 0.25) is 5.02 Å². The Labute approximate surface area is 173 Å². The first-order chi connectivity index (χ1) is 13.9. The van der Waals surface area contributed by atoms with Gasteiger partial charge < -0.3 is 4.42 Å². The Morgan fingerprint density at radius 2 is 1.79 bits per heavy atom. The number of hydrogen-bond acceptors (Lipinski definition) is 5. The van der Waals surface area contributed by atoms with E-state index in [0.717, 1.165) is 17.7 Å². The van der Waals surface area contributed by atoms with E-state index >= 15 is 0 Å². The highest BCUT2D eigenvalue weighted by atomic mass is 35.5. The zero-order chi connectivity index (χ0) is 20.4. The highest BCUT2D eigenvalue weighted by molar-refractivity contribution is 7.89. The first-order valence-electron chi connectivity index (χ1n) is 9.11. The molecule has 4 rings (SSSR count). The molecule has 0 bridgehead atoms. The van der Waals surface area contributed by atoms with Crippen molar-refractivity contribution in [3.8, 4) is 11.3 Å². The molecule has 0 atom stereocenters. The average molecular weight is 436 g/mol. The van der Waals surface area contributed by atoms with E-state index in [-0.39, 0.29) is 9.92 Å². The minimum atomic E-state index is -3.71. The molecular formula is C20H19ClFN3O3S. The van der Waals surface area contributed by atoms with Gasteiger partial charge in [0.25, 0.3) is 0 Å². The number of hydrogen-bond donors (Lipinski definition) is 0. The van der Waals surface area contributed by atoms with E-state index in [9.17, 15) is 12.8 Å². The third kappa shape index (κ3) is 4.35. The van der Waals surface area contributed by atoms with Gasteiger partial charge in [-0.3, -0.25) is 4.90 Å². The lowest BCUT2D eigenvalue weighted by Gasteiger charge is -2.33. The Hall–Kier alpha value is -2.26. The summed E-state index contributed by atoms with van der Waals surface area (Å²) in [6.07, 6.45) is 1.70. The van der Waals surface area contributed by atoms with Crippen molar-refractivity contribution in [2.45, 2.75) is 11.4 Å². The Morgan fingerprint density at radius 3 is 2.48 bits per heavy atom. The Balaban J connectivity index is 1.38. The van der Waals surface area contributed by atoms with E-state index in [1.807, 2.05) is 30.3 Å². The van der Waals surface area contributed by atoms with Gasteiger partial charge in [-0.05, 0) is 18.2 Å². The van der Waals surface area contributed by atoms with Crippen LogP contribution in [0.3, 0.4) is 0 Å². The summed E-state index contributed by atoms with van der Waals surface area (Å²) in [7, 11) is -3.71. The summed E-state index contributed by atoms with van der Waals surface area (Å²) in [6.45, 7) is 2.23. The van der Waals surface area contributed by atoms with Crippen LogP contribution >= 0.6 is 11.6 Å². The quantitative estimate of drug-likeness (QED) is 0.612. The summed E-state index contributed by atoms with van der Waals surface area (Å²) in [6, 6.07) is 13.2. The fourth-order valence-electron chi connectivity index (χ4n) is 3.22.